The van der Waals surface area contributed by atoms with Gasteiger partial charge >= 0.3 is 5.97 Å². The molecule has 0 aliphatic carbocycles. The Bertz CT molecular complexity index is 563. The van der Waals surface area contributed by atoms with Gasteiger partial charge in [0, 0.05) is 6.54 Å². The number of rotatable bonds is 3. The summed E-state index contributed by atoms with van der Waals surface area (Å²) in [6, 6.07) is 4.59. The van der Waals surface area contributed by atoms with Gasteiger partial charge < -0.3 is 14.7 Å². The van der Waals surface area contributed by atoms with Gasteiger partial charge in [0.05, 0.1) is 11.3 Å². The Morgan fingerprint density at radius 1 is 1.40 bits per heavy atom. The Hall–Kier alpha value is -2.04. The summed E-state index contributed by atoms with van der Waals surface area (Å²) in [7, 11) is 0. The molecule has 0 saturated heterocycles. The molecule has 1 aromatic carbocycles. The van der Waals surface area contributed by atoms with Crippen LogP contribution < -0.4 is 9.64 Å². The van der Waals surface area contributed by atoms with E-state index in [0.29, 0.717) is 18.0 Å². The SMILES string of the molecule is CC(C)CN1C(=O)C(C)(C)Oc2ccc(C(=O)O)cc21. The second-order valence-corrected chi connectivity index (χ2v) is 5.91. The summed E-state index contributed by atoms with van der Waals surface area (Å²) < 4.78 is 5.69. The third kappa shape index (κ3) is 2.48. The number of anilines is 1. The second kappa shape index (κ2) is 4.81. The van der Waals surface area contributed by atoms with Gasteiger partial charge in [0.15, 0.2) is 5.60 Å². The molecule has 0 atom stereocenters. The van der Waals surface area contributed by atoms with Crippen molar-refractivity contribution in [3.8, 4) is 5.75 Å². The van der Waals surface area contributed by atoms with E-state index in [9.17, 15) is 9.59 Å². The Labute approximate surface area is 118 Å². The van der Waals surface area contributed by atoms with Crippen molar-refractivity contribution in [3.05, 3.63) is 23.8 Å². The highest BCUT2D eigenvalue weighted by Gasteiger charge is 2.41. The predicted octanol–water partition coefficient (Wildman–Crippen LogP) is 2.54. The fourth-order valence-corrected chi connectivity index (χ4v) is 2.25. The first kappa shape index (κ1) is 14.4. The zero-order valence-corrected chi connectivity index (χ0v) is 12.1. The van der Waals surface area contributed by atoms with Crippen molar-refractivity contribution in [2.45, 2.75) is 33.3 Å². The third-order valence-electron chi connectivity index (χ3n) is 3.17. The summed E-state index contributed by atoms with van der Waals surface area (Å²) in [5.74, 6) is -0.356. The van der Waals surface area contributed by atoms with E-state index in [2.05, 4.69) is 0 Å². The van der Waals surface area contributed by atoms with Crippen LogP contribution in [0.1, 0.15) is 38.1 Å². The number of amides is 1. The van der Waals surface area contributed by atoms with Gasteiger partial charge in [0.1, 0.15) is 5.75 Å². The maximum atomic E-state index is 12.5. The van der Waals surface area contributed by atoms with Gasteiger partial charge in [-0.15, -0.1) is 0 Å². The number of aromatic carboxylic acids is 1. The molecule has 1 aliphatic rings. The number of hydrogen-bond donors (Lipinski definition) is 1. The van der Waals surface area contributed by atoms with Crippen LogP contribution in [0, 0.1) is 5.92 Å². The molecule has 0 aromatic heterocycles. The normalized spacial score (nSPS) is 16.9. The highest BCUT2D eigenvalue weighted by atomic mass is 16.5. The number of fused-ring (bicyclic) bond motifs is 1. The van der Waals surface area contributed by atoms with Gasteiger partial charge in [-0.3, -0.25) is 4.79 Å². The number of carboxylic acid groups (broad SMARTS) is 1. The molecule has 1 N–H and O–H groups in total. The number of hydrogen-bond acceptors (Lipinski definition) is 3. The summed E-state index contributed by atoms with van der Waals surface area (Å²) in [5.41, 5.74) is -0.261. The summed E-state index contributed by atoms with van der Waals surface area (Å²) in [6.07, 6.45) is 0. The van der Waals surface area contributed by atoms with E-state index in [1.54, 1.807) is 24.8 Å². The summed E-state index contributed by atoms with van der Waals surface area (Å²) in [4.78, 5) is 25.2. The van der Waals surface area contributed by atoms with Gasteiger partial charge in [-0.2, -0.15) is 0 Å². The van der Waals surface area contributed by atoms with Crippen molar-refractivity contribution in [3.63, 3.8) is 0 Å². The van der Waals surface area contributed by atoms with Crippen LogP contribution in [0.2, 0.25) is 0 Å². The molecule has 1 aliphatic heterocycles. The lowest BCUT2D eigenvalue weighted by atomic mass is 10.0. The zero-order valence-electron chi connectivity index (χ0n) is 12.1. The van der Waals surface area contributed by atoms with E-state index in [1.165, 1.54) is 12.1 Å². The fourth-order valence-electron chi connectivity index (χ4n) is 2.25. The van der Waals surface area contributed by atoms with Crippen LogP contribution in [-0.2, 0) is 4.79 Å². The molecule has 2 rings (SSSR count). The van der Waals surface area contributed by atoms with Crippen molar-refractivity contribution in [1.82, 2.24) is 0 Å². The van der Waals surface area contributed by atoms with Gasteiger partial charge in [-0.25, -0.2) is 4.79 Å². The van der Waals surface area contributed by atoms with Crippen LogP contribution in [0.5, 0.6) is 5.75 Å². The molecule has 0 saturated carbocycles. The third-order valence-corrected chi connectivity index (χ3v) is 3.17. The van der Waals surface area contributed by atoms with E-state index in [4.69, 9.17) is 9.84 Å². The Balaban J connectivity index is 2.53. The van der Waals surface area contributed by atoms with Crippen LogP contribution in [0.25, 0.3) is 0 Å². The molecule has 108 valence electrons. The van der Waals surface area contributed by atoms with Crippen molar-refractivity contribution in [2.24, 2.45) is 5.92 Å². The summed E-state index contributed by atoms with van der Waals surface area (Å²) in [5, 5.41) is 9.08. The van der Waals surface area contributed by atoms with E-state index in [-0.39, 0.29) is 17.4 Å². The molecule has 0 radical (unpaired) electrons. The van der Waals surface area contributed by atoms with E-state index in [0.717, 1.165) is 0 Å². The molecule has 0 spiro atoms. The number of ether oxygens (including phenoxy) is 1. The maximum Gasteiger partial charge on any atom is 0.335 e. The van der Waals surface area contributed by atoms with Gasteiger partial charge in [0.2, 0.25) is 0 Å². The fraction of sp³-hybridized carbons (Fsp3) is 0.467. The van der Waals surface area contributed by atoms with Gasteiger partial charge in [-0.1, -0.05) is 13.8 Å². The molecule has 1 aromatic rings. The molecule has 5 nitrogen and oxygen atoms in total. The average molecular weight is 277 g/mol. The van der Waals surface area contributed by atoms with Crippen LogP contribution in [0.3, 0.4) is 0 Å². The second-order valence-electron chi connectivity index (χ2n) is 5.91. The first-order valence-electron chi connectivity index (χ1n) is 6.60. The van der Waals surface area contributed by atoms with E-state index >= 15 is 0 Å². The predicted molar refractivity (Wildman–Crippen MR) is 75.3 cm³/mol. The van der Waals surface area contributed by atoms with Crippen molar-refractivity contribution < 1.29 is 19.4 Å². The minimum atomic E-state index is -1.02. The molecule has 20 heavy (non-hydrogen) atoms. The smallest absolute Gasteiger partial charge is 0.335 e. The summed E-state index contributed by atoms with van der Waals surface area (Å²) >= 11 is 0. The Morgan fingerprint density at radius 3 is 2.60 bits per heavy atom. The van der Waals surface area contributed by atoms with Crippen LogP contribution in [0.15, 0.2) is 18.2 Å². The molecule has 0 bridgehead atoms. The minimum absolute atomic E-state index is 0.147. The molecule has 5 heteroatoms. The van der Waals surface area contributed by atoms with Crippen LogP contribution in [-0.4, -0.2) is 29.1 Å². The first-order chi connectivity index (χ1) is 9.22. The molecular formula is C15H19NO4. The average Bonchev–Trinajstić information content (AvgIpc) is 2.33. The lowest BCUT2D eigenvalue weighted by Gasteiger charge is -2.39. The topological polar surface area (TPSA) is 66.8 Å². The van der Waals surface area contributed by atoms with Crippen molar-refractivity contribution in [2.75, 3.05) is 11.4 Å². The molecule has 1 amide bonds. The molecule has 0 fully saturated rings. The maximum absolute atomic E-state index is 12.5. The van der Waals surface area contributed by atoms with Crippen molar-refractivity contribution in [1.29, 1.82) is 0 Å². The van der Waals surface area contributed by atoms with Crippen molar-refractivity contribution >= 4 is 17.6 Å². The monoisotopic (exact) mass is 277 g/mol. The largest absolute Gasteiger partial charge is 0.478 e. The number of carbonyl (C=O) groups excluding carboxylic acids is 1. The Morgan fingerprint density at radius 2 is 2.05 bits per heavy atom. The van der Waals surface area contributed by atoms with E-state index < -0.39 is 11.6 Å². The standard InChI is InChI=1S/C15H19NO4/c1-9(2)8-16-11-7-10(13(17)18)5-6-12(11)20-15(3,4)14(16)19/h5-7,9H,8H2,1-4H3,(H,17,18). The lowest BCUT2D eigenvalue weighted by molar-refractivity contribution is -0.132. The lowest BCUT2D eigenvalue weighted by Crippen LogP contribution is -2.53. The summed E-state index contributed by atoms with van der Waals surface area (Å²) in [6.45, 7) is 7.99. The molecule has 1 heterocycles. The Kier molecular flexibility index (Phi) is 3.46. The highest BCUT2D eigenvalue weighted by molar-refractivity contribution is 6.03. The van der Waals surface area contributed by atoms with Gasteiger partial charge in [0.25, 0.3) is 5.91 Å². The number of benzene rings is 1. The molecular weight excluding hydrogens is 258 g/mol. The molecule has 0 unspecified atom stereocenters. The van der Waals surface area contributed by atoms with Crippen LogP contribution >= 0.6 is 0 Å². The zero-order chi connectivity index (χ0) is 15.1. The highest BCUT2D eigenvalue weighted by Crippen LogP contribution is 2.38. The number of carbonyl (C=O) groups is 2. The van der Waals surface area contributed by atoms with E-state index in [1.807, 2.05) is 13.8 Å². The number of nitrogens with zero attached hydrogens (tertiary/aromatic N) is 1. The van der Waals surface area contributed by atoms with Crippen LogP contribution in [0.4, 0.5) is 5.69 Å². The minimum Gasteiger partial charge on any atom is -0.478 e. The first-order valence-corrected chi connectivity index (χ1v) is 6.60. The quantitative estimate of drug-likeness (QED) is 0.922. The van der Waals surface area contributed by atoms with Gasteiger partial charge in [-0.05, 0) is 38.0 Å². The number of carboxylic acids is 1.